The molecule has 14 heteroatoms. The Bertz CT molecular complexity index is 1320. The Morgan fingerprint density at radius 1 is 1.48 bits per heavy atom. The zero-order valence-corrected chi connectivity index (χ0v) is 16.5. The van der Waals surface area contributed by atoms with Gasteiger partial charge in [-0.25, -0.2) is 13.8 Å². The summed E-state index contributed by atoms with van der Waals surface area (Å²) >= 11 is 0. The van der Waals surface area contributed by atoms with E-state index in [-0.39, 0.29) is 23.1 Å². The Balaban J connectivity index is 1.69. The average Bonchev–Trinajstić information content (AvgIpc) is 2.93. The lowest BCUT2D eigenvalue weighted by atomic mass is 10.1. The van der Waals surface area contributed by atoms with Gasteiger partial charge in [-0.2, -0.15) is 4.39 Å². The monoisotopic (exact) mass is 465 g/mol. The maximum absolute atomic E-state index is 15.8. The average molecular weight is 465 g/mol. The van der Waals surface area contributed by atoms with Crippen molar-refractivity contribution in [2.45, 2.75) is 37.8 Å². The second kappa shape index (κ2) is 7.62. The van der Waals surface area contributed by atoms with E-state index in [0.29, 0.717) is 11.1 Å². The van der Waals surface area contributed by atoms with Crippen molar-refractivity contribution in [2.75, 3.05) is 6.56 Å². The van der Waals surface area contributed by atoms with E-state index in [1.807, 2.05) is 0 Å². The predicted molar refractivity (Wildman–Crippen MR) is 97.4 cm³/mol. The van der Waals surface area contributed by atoms with E-state index >= 15 is 4.39 Å². The molecule has 4 rings (SSSR count). The maximum atomic E-state index is 15.8. The van der Waals surface area contributed by atoms with Crippen molar-refractivity contribution in [1.29, 1.82) is 0 Å². The van der Waals surface area contributed by atoms with Crippen LogP contribution in [0.1, 0.15) is 21.4 Å². The third-order valence-electron chi connectivity index (χ3n) is 4.49. The Hall–Kier alpha value is -2.41. The number of benzene rings is 1. The molecule has 11 nitrogen and oxygen atoms in total. The van der Waals surface area contributed by atoms with Gasteiger partial charge in [-0.05, 0) is 12.5 Å². The van der Waals surface area contributed by atoms with Gasteiger partial charge in [-0.3, -0.25) is 23.4 Å². The number of nitrogens with zero attached hydrogens (tertiary/aromatic N) is 1. The quantitative estimate of drug-likeness (QED) is 0.553. The zero-order chi connectivity index (χ0) is 25.3. The highest BCUT2D eigenvalue weighted by molar-refractivity contribution is 7.49. The highest BCUT2D eigenvalue weighted by Crippen LogP contribution is 2.56. The summed E-state index contributed by atoms with van der Waals surface area (Å²) in [6.45, 7) is -2.73. The normalized spacial score (nSPS) is 36.7. The number of rotatable bonds is 4. The Kier molecular flexibility index (Phi) is 4.47. The Labute approximate surface area is 176 Å². The van der Waals surface area contributed by atoms with Gasteiger partial charge in [-0.1, -0.05) is 18.2 Å². The van der Waals surface area contributed by atoms with Crippen molar-refractivity contribution in [2.24, 2.45) is 0 Å². The molecule has 1 fully saturated rings. The first-order chi connectivity index (χ1) is 15.6. The molecule has 0 spiro atoms. The number of hydrogen-bond donors (Lipinski definition) is 3. The van der Waals surface area contributed by atoms with Crippen LogP contribution in [0.25, 0.3) is 0 Å². The number of aromatic nitrogens is 2. The van der Waals surface area contributed by atoms with Gasteiger partial charge in [0.2, 0.25) is 5.82 Å². The van der Waals surface area contributed by atoms with E-state index in [9.17, 15) is 28.8 Å². The Morgan fingerprint density at radius 3 is 2.97 bits per heavy atom. The number of aryl methyl sites for hydroxylation is 1. The van der Waals surface area contributed by atoms with E-state index in [1.165, 1.54) is 4.98 Å². The summed E-state index contributed by atoms with van der Waals surface area (Å²) in [5, 5.41) is 20.5. The second-order valence-corrected chi connectivity index (χ2v) is 8.17. The summed E-state index contributed by atoms with van der Waals surface area (Å²) in [7, 11) is -4.90. The van der Waals surface area contributed by atoms with Crippen LogP contribution in [0.2, 0.25) is 0 Å². The summed E-state index contributed by atoms with van der Waals surface area (Å²) in [5.41, 5.74) is -2.14. The zero-order valence-electron chi connectivity index (χ0n) is 18.6. The maximum Gasteiger partial charge on any atom is 0.530 e. The summed E-state index contributed by atoms with van der Waals surface area (Å²) < 4.78 is 85.7. The molecule has 2 aromatic rings. The van der Waals surface area contributed by atoms with Gasteiger partial charge in [0.05, 0.1) is 16.9 Å². The van der Waals surface area contributed by atoms with Crippen LogP contribution in [0.3, 0.4) is 0 Å². The van der Waals surface area contributed by atoms with Crippen LogP contribution in [-0.2, 0) is 25.0 Å². The minimum atomic E-state index is -4.90. The summed E-state index contributed by atoms with van der Waals surface area (Å²) in [5.74, 6) is -5.77. The molecule has 2 aliphatic rings. The molecule has 3 N–H and O–H groups in total. The van der Waals surface area contributed by atoms with E-state index in [0.717, 1.165) is 0 Å². The number of phosphoric ester groups is 1. The van der Waals surface area contributed by atoms with Crippen molar-refractivity contribution >= 4 is 7.82 Å². The lowest BCUT2D eigenvalue weighted by Crippen LogP contribution is -2.43. The number of aliphatic hydroxyl groups is 2. The summed E-state index contributed by atoms with van der Waals surface area (Å²) in [6.07, 6.45) is -8.95. The van der Waals surface area contributed by atoms with Crippen LogP contribution in [0.5, 0.6) is 5.75 Å². The number of H-pyrrole nitrogens is 1. The molecule has 1 saturated heterocycles. The number of para-hydroxylation sites is 1. The highest BCUT2D eigenvalue weighted by Gasteiger charge is 2.57. The summed E-state index contributed by atoms with van der Waals surface area (Å²) in [6, 6.07) is 4.79. The van der Waals surface area contributed by atoms with Crippen LogP contribution in [0.4, 0.5) is 8.78 Å². The van der Waals surface area contributed by atoms with E-state index < -0.39 is 55.7 Å². The van der Waals surface area contributed by atoms with Crippen molar-refractivity contribution in [3.63, 3.8) is 0 Å². The van der Waals surface area contributed by atoms with Gasteiger partial charge in [0.25, 0.3) is 11.4 Å². The van der Waals surface area contributed by atoms with Crippen LogP contribution >= 0.6 is 7.82 Å². The van der Waals surface area contributed by atoms with Gasteiger partial charge >= 0.3 is 13.5 Å². The molecule has 0 radical (unpaired) electrons. The van der Waals surface area contributed by atoms with Crippen LogP contribution < -0.4 is 15.8 Å². The molecular weight excluding hydrogens is 445 g/mol. The molecule has 31 heavy (non-hydrogen) atoms. The number of phosphoric acid groups is 1. The van der Waals surface area contributed by atoms with Gasteiger partial charge in [-0.15, -0.1) is 0 Å². The molecule has 3 heterocycles. The lowest BCUT2D eigenvalue weighted by molar-refractivity contribution is -0.205. The first kappa shape index (κ1) is 18.2. The minimum absolute atomic E-state index is 0.0267. The molecule has 0 aliphatic carbocycles. The molecule has 0 bridgehead atoms. The molecule has 5 atom stereocenters. The molecule has 0 saturated carbocycles. The number of halogens is 2. The van der Waals surface area contributed by atoms with E-state index in [4.69, 9.17) is 13.2 Å². The van der Waals surface area contributed by atoms with E-state index in [1.54, 1.807) is 25.1 Å². The van der Waals surface area contributed by atoms with Crippen LogP contribution in [-0.4, -0.2) is 44.4 Å². The first-order valence-electron chi connectivity index (χ1n) is 10.1. The minimum Gasteiger partial charge on any atom is -0.403 e. The molecule has 168 valence electrons. The smallest absolute Gasteiger partial charge is 0.403 e. The molecular formula is C17H17F2N2O9P. The number of hydrogen-bond acceptors (Lipinski definition) is 9. The van der Waals surface area contributed by atoms with Crippen LogP contribution in [0, 0.1) is 12.7 Å². The second-order valence-electron chi connectivity index (χ2n) is 6.65. The molecule has 2 aliphatic heterocycles. The van der Waals surface area contributed by atoms with Gasteiger partial charge in [0.1, 0.15) is 24.5 Å². The van der Waals surface area contributed by atoms with Crippen molar-refractivity contribution in [1.82, 2.24) is 9.55 Å². The third-order valence-corrected chi connectivity index (χ3v) is 5.66. The number of nitrogens with one attached hydrogen (secondary N) is 1. The largest absolute Gasteiger partial charge is 0.530 e. The van der Waals surface area contributed by atoms with Crippen molar-refractivity contribution in [3.8, 4) is 5.75 Å². The Morgan fingerprint density at radius 2 is 2.23 bits per heavy atom. The van der Waals surface area contributed by atoms with E-state index in [2.05, 4.69) is 9.26 Å². The fraction of sp³-hybridized carbons (Fsp3) is 0.412. The molecule has 1 aromatic heterocycles. The number of fused-ring (bicyclic) bond motifs is 1. The van der Waals surface area contributed by atoms with Crippen molar-refractivity contribution in [3.05, 3.63) is 62.2 Å². The van der Waals surface area contributed by atoms with Gasteiger partial charge in [0.15, 0.2) is 6.20 Å². The fourth-order valence-electron chi connectivity index (χ4n) is 2.90. The lowest BCUT2D eigenvalue weighted by Gasteiger charge is -2.29. The van der Waals surface area contributed by atoms with Gasteiger partial charge < -0.3 is 19.5 Å². The highest BCUT2D eigenvalue weighted by atomic mass is 31.2. The predicted octanol–water partition coefficient (Wildman–Crippen LogP) is 0.634. The standard InChI is InChI=1S/C17H17F2N2O9P/c1-8-3-2-4-9-6-27-31(26,30-12(8)9)28-7-17(19)13(23)11(22)15(29-17)21-5-10(18)14(24)20-16(21)25/h2-5,11,13,15,22-23H,6-7H2,1H3,(H,20,24,25)/t11-,13+,15-,17-,31?/m1/s1/i7D2,15D. The fourth-order valence-corrected chi connectivity index (χ4v) is 4.06. The summed E-state index contributed by atoms with van der Waals surface area (Å²) in [4.78, 5) is 24.7. The SMILES string of the molecule is [2H]C([2H])(OP1(=O)OCc2cccc(C)c2O1)[C@@]1(F)O[C@@]([2H])(n2cc(F)c(=O)[nH]c2=O)[C@H](O)[C@@H]1O. The van der Waals surface area contributed by atoms with Crippen LogP contribution in [0.15, 0.2) is 34.0 Å². The molecule has 1 aromatic carbocycles. The number of aliphatic hydroxyl groups excluding tert-OH is 2. The van der Waals surface area contributed by atoms with Gasteiger partial charge in [0, 0.05) is 5.56 Å². The third kappa shape index (κ3) is 3.84. The topological polar surface area (TPSA) is 149 Å². The van der Waals surface area contributed by atoms with Crippen molar-refractivity contribution < 1.29 is 46.0 Å². The first-order valence-corrected chi connectivity index (χ1v) is 10.1. The molecule has 1 unspecified atom stereocenters. The molecule has 0 amide bonds. The number of alkyl halides is 1. The number of aromatic amines is 1. The number of ether oxygens (including phenoxy) is 1.